The molecule has 1 aromatic heterocycles. The molecule has 0 saturated carbocycles. The summed E-state index contributed by atoms with van der Waals surface area (Å²) in [6.45, 7) is 1.96. The zero-order valence-electron chi connectivity index (χ0n) is 8.44. The lowest BCUT2D eigenvalue weighted by Gasteiger charge is -2.02. The van der Waals surface area contributed by atoms with Crippen LogP contribution in [0.2, 0.25) is 0 Å². The van der Waals surface area contributed by atoms with Gasteiger partial charge in [-0.3, -0.25) is 4.79 Å². The summed E-state index contributed by atoms with van der Waals surface area (Å²) in [5.41, 5.74) is 1.70. The molecule has 1 heterocycles. The number of halogens is 1. The lowest BCUT2D eigenvalue weighted by atomic mass is 10.2. The largest absolute Gasteiger partial charge is 0.298 e. The highest BCUT2D eigenvalue weighted by Gasteiger charge is 2.07. The maximum absolute atomic E-state index is 10.9. The highest BCUT2D eigenvalue weighted by Crippen LogP contribution is 2.33. The van der Waals surface area contributed by atoms with Gasteiger partial charge in [-0.25, -0.2) is 4.98 Å². The first-order valence-corrected chi connectivity index (χ1v) is 7.02. The smallest absolute Gasteiger partial charge is 0.154 e. The third-order valence-electron chi connectivity index (χ3n) is 1.89. The number of hydrogen-bond acceptors (Lipinski definition) is 4. The molecule has 1 aromatic carbocycles. The number of aryl methyl sites for hydroxylation is 1. The molecule has 0 unspecified atom stereocenters. The number of carbonyl (C=O) groups excluding carboxylic acids is 1. The number of rotatable bonds is 3. The van der Waals surface area contributed by atoms with Gasteiger partial charge in [-0.2, -0.15) is 0 Å². The Balaban J connectivity index is 2.30. The summed E-state index contributed by atoms with van der Waals surface area (Å²) in [4.78, 5) is 16.2. The predicted molar refractivity (Wildman–Crippen MR) is 70.5 cm³/mol. The second-order valence-corrected chi connectivity index (χ2v) is 6.22. The van der Waals surface area contributed by atoms with E-state index in [4.69, 9.17) is 0 Å². The van der Waals surface area contributed by atoms with Crippen LogP contribution < -0.4 is 0 Å². The van der Waals surface area contributed by atoms with Crippen molar-refractivity contribution in [2.45, 2.75) is 16.2 Å². The van der Waals surface area contributed by atoms with E-state index in [1.165, 1.54) is 11.8 Å². The SMILES string of the molecule is Cc1csc(Sc2ccc(Br)cc2C=O)n1. The molecule has 2 aromatic rings. The van der Waals surface area contributed by atoms with E-state index in [2.05, 4.69) is 20.9 Å². The predicted octanol–water partition coefficient (Wildman–Crippen LogP) is 4.18. The Morgan fingerprint density at radius 1 is 1.50 bits per heavy atom. The molecule has 0 radical (unpaired) electrons. The minimum absolute atomic E-state index is 0.687. The lowest BCUT2D eigenvalue weighted by molar-refractivity contribution is 0.112. The number of benzene rings is 1. The van der Waals surface area contributed by atoms with Gasteiger partial charge in [0.15, 0.2) is 10.6 Å². The molecule has 16 heavy (non-hydrogen) atoms. The minimum atomic E-state index is 0.687. The zero-order valence-corrected chi connectivity index (χ0v) is 11.7. The number of hydrogen-bond donors (Lipinski definition) is 0. The molecular formula is C11H8BrNOS2. The van der Waals surface area contributed by atoms with Crippen LogP contribution in [0.5, 0.6) is 0 Å². The van der Waals surface area contributed by atoms with Crippen LogP contribution in [0.15, 0.2) is 37.3 Å². The summed E-state index contributed by atoms with van der Waals surface area (Å²) in [6.07, 6.45) is 0.869. The fourth-order valence-corrected chi connectivity index (χ4v) is 3.42. The molecule has 0 fully saturated rings. The van der Waals surface area contributed by atoms with Crippen molar-refractivity contribution >= 4 is 45.3 Å². The van der Waals surface area contributed by atoms with Crippen molar-refractivity contribution in [1.29, 1.82) is 0 Å². The molecule has 5 heteroatoms. The molecule has 0 N–H and O–H groups in total. The highest BCUT2D eigenvalue weighted by atomic mass is 79.9. The zero-order chi connectivity index (χ0) is 11.5. The lowest BCUT2D eigenvalue weighted by Crippen LogP contribution is -1.85. The van der Waals surface area contributed by atoms with Crippen LogP contribution in [0.3, 0.4) is 0 Å². The number of aldehydes is 1. The first-order chi connectivity index (χ1) is 7.69. The summed E-state index contributed by atoms with van der Waals surface area (Å²) >= 11 is 6.46. The molecule has 0 amide bonds. The number of carbonyl (C=O) groups is 1. The number of thiazole rings is 1. The van der Waals surface area contributed by atoms with Crippen LogP contribution in [-0.4, -0.2) is 11.3 Å². The molecule has 0 saturated heterocycles. The van der Waals surface area contributed by atoms with E-state index in [9.17, 15) is 4.79 Å². The van der Waals surface area contributed by atoms with Gasteiger partial charge in [-0.15, -0.1) is 11.3 Å². The minimum Gasteiger partial charge on any atom is -0.298 e. The van der Waals surface area contributed by atoms with Crippen molar-refractivity contribution in [1.82, 2.24) is 4.98 Å². The quantitative estimate of drug-likeness (QED) is 0.796. The van der Waals surface area contributed by atoms with Gasteiger partial charge in [-0.05, 0) is 25.1 Å². The van der Waals surface area contributed by atoms with E-state index in [1.54, 1.807) is 11.3 Å². The van der Waals surface area contributed by atoms with Crippen molar-refractivity contribution in [3.05, 3.63) is 39.3 Å². The fraction of sp³-hybridized carbons (Fsp3) is 0.0909. The van der Waals surface area contributed by atoms with Crippen LogP contribution in [0, 0.1) is 6.92 Å². The Kier molecular flexibility index (Phi) is 3.78. The molecule has 0 spiro atoms. The second kappa shape index (κ2) is 5.12. The molecule has 82 valence electrons. The molecule has 0 bridgehead atoms. The van der Waals surface area contributed by atoms with Crippen LogP contribution >= 0.6 is 39.0 Å². The van der Waals surface area contributed by atoms with Crippen LogP contribution in [-0.2, 0) is 0 Å². The number of nitrogens with zero attached hydrogens (tertiary/aromatic N) is 1. The molecule has 0 aliphatic carbocycles. The van der Waals surface area contributed by atoms with Gasteiger partial charge >= 0.3 is 0 Å². The Morgan fingerprint density at radius 2 is 2.31 bits per heavy atom. The normalized spacial score (nSPS) is 10.4. The molecule has 2 nitrogen and oxygen atoms in total. The second-order valence-electron chi connectivity index (χ2n) is 3.16. The van der Waals surface area contributed by atoms with Crippen molar-refractivity contribution in [2.75, 3.05) is 0 Å². The highest BCUT2D eigenvalue weighted by molar-refractivity contribution is 9.10. The van der Waals surface area contributed by atoms with E-state index < -0.39 is 0 Å². The third kappa shape index (κ3) is 2.72. The Morgan fingerprint density at radius 3 is 2.94 bits per heavy atom. The summed E-state index contributed by atoms with van der Waals surface area (Å²) in [7, 11) is 0. The van der Waals surface area contributed by atoms with Gasteiger partial charge in [0.05, 0.1) is 0 Å². The summed E-state index contributed by atoms with van der Waals surface area (Å²) in [5, 5.41) is 2.00. The van der Waals surface area contributed by atoms with Crippen LogP contribution in [0.25, 0.3) is 0 Å². The molecule has 0 aliphatic rings. The Hall–Kier alpha value is -0.650. The summed E-state index contributed by atoms with van der Waals surface area (Å²) in [5.74, 6) is 0. The van der Waals surface area contributed by atoms with Gasteiger partial charge < -0.3 is 0 Å². The van der Waals surface area contributed by atoms with Crippen LogP contribution in [0.4, 0.5) is 0 Å². The fourth-order valence-electron chi connectivity index (χ4n) is 1.18. The van der Waals surface area contributed by atoms with Crippen molar-refractivity contribution in [3.8, 4) is 0 Å². The van der Waals surface area contributed by atoms with E-state index in [-0.39, 0.29) is 0 Å². The first kappa shape index (κ1) is 11.8. The van der Waals surface area contributed by atoms with Crippen molar-refractivity contribution in [3.63, 3.8) is 0 Å². The topological polar surface area (TPSA) is 30.0 Å². The molecular weight excluding hydrogens is 306 g/mol. The first-order valence-electron chi connectivity index (χ1n) is 4.54. The maximum atomic E-state index is 10.9. The third-order valence-corrected chi connectivity index (χ3v) is 4.54. The van der Waals surface area contributed by atoms with E-state index in [0.29, 0.717) is 5.56 Å². The maximum Gasteiger partial charge on any atom is 0.154 e. The average Bonchev–Trinajstić information content (AvgIpc) is 2.67. The summed E-state index contributed by atoms with van der Waals surface area (Å²) < 4.78 is 1.87. The van der Waals surface area contributed by atoms with Gasteiger partial charge in [-0.1, -0.05) is 27.7 Å². The van der Waals surface area contributed by atoms with E-state index in [1.807, 2.05) is 30.5 Å². The van der Waals surface area contributed by atoms with Gasteiger partial charge in [0.1, 0.15) is 0 Å². The standard InChI is InChI=1S/C11H8BrNOS2/c1-7-6-15-11(13-7)16-10-3-2-9(12)4-8(10)5-14/h2-6H,1H3. The Bertz CT molecular complexity index is 524. The Labute approximate surface area is 110 Å². The summed E-state index contributed by atoms with van der Waals surface area (Å²) in [6, 6.07) is 5.67. The molecule has 0 atom stereocenters. The van der Waals surface area contributed by atoms with Gasteiger partial charge in [0.2, 0.25) is 0 Å². The van der Waals surface area contributed by atoms with E-state index in [0.717, 1.165) is 25.7 Å². The van der Waals surface area contributed by atoms with Crippen LogP contribution in [0.1, 0.15) is 16.1 Å². The van der Waals surface area contributed by atoms with Gasteiger partial charge in [0, 0.05) is 26.0 Å². The van der Waals surface area contributed by atoms with E-state index >= 15 is 0 Å². The average molecular weight is 314 g/mol. The van der Waals surface area contributed by atoms with Crippen molar-refractivity contribution < 1.29 is 4.79 Å². The van der Waals surface area contributed by atoms with Crippen molar-refractivity contribution in [2.24, 2.45) is 0 Å². The number of aromatic nitrogens is 1. The molecule has 2 rings (SSSR count). The molecule has 0 aliphatic heterocycles. The van der Waals surface area contributed by atoms with Gasteiger partial charge in [0.25, 0.3) is 0 Å². The monoisotopic (exact) mass is 313 g/mol.